The Bertz CT molecular complexity index is 800. The fraction of sp³-hybridized carbons (Fsp3) is 0.238. The summed E-state index contributed by atoms with van der Waals surface area (Å²) in [6.45, 7) is 3.62. The molecule has 2 aromatic rings. The summed E-state index contributed by atoms with van der Waals surface area (Å²) in [5.41, 5.74) is 10.2. The lowest BCUT2D eigenvalue weighted by Gasteiger charge is -2.20. The third kappa shape index (κ3) is 3.26. The van der Waals surface area contributed by atoms with E-state index in [1.165, 1.54) is 6.08 Å². The largest absolute Gasteiger partial charge is 0.481 e. The van der Waals surface area contributed by atoms with Crippen LogP contribution in [0.3, 0.4) is 0 Å². The zero-order chi connectivity index (χ0) is 18.7. The van der Waals surface area contributed by atoms with E-state index in [0.717, 1.165) is 22.3 Å². The smallest absolute Gasteiger partial charge is 0.321 e. The molecule has 5 heteroatoms. The van der Waals surface area contributed by atoms with Crippen LogP contribution in [-0.4, -0.2) is 29.7 Å². The number of carbonyl (C=O) groups excluding carboxylic acids is 1. The van der Waals surface area contributed by atoms with Crippen molar-refractivity contribution in [2.45, 2.75) is 18.4 Å². The van der Waals surface area contributed by atoms with Gasteiger partial charge in [0, 0.05) is 12.0 Å². The van der Waals surface area contributed by atoms with Crippen LogP contribution in [0.25, 0.3) is 11.1 Å². The predicted molar refractivity (Wildman–Crippen MR) is 98.6 cm³/mol. The van der Waals surface area contributed by atoms with Crippen molar-refractivity contribution in [2.75, 3.05) is 6.61 Å². The van der Waals surface area contributed by atoms with Gasteiger partial charge in [-0.3, -0.25) is 9.59 Å². The van der Waals surface area contributed by atoms with Gasteiger partial charge in [-0.2, -0.15) is 0 Å². The molecule has 0 heterocycles. The van der Waals surface area contributed by atoms with Crippen LogP contribution in [0, 0.1) is 5.92 Å². The maximum Gasteiger partial charge on any atom is 0.321 e. The molecule has 2 aromatic carbocycles. The van der Waals surface area contributed by atoms with E-state index < -0.39 is 23.9 Å². The van der Waals surface area contributed by atoms with Gasteiger partial charge in [0.1, 0.15) is 6.61 Å². The third-order valence-electron chi connectivity index (χ3n) is 4.74. The first-order valence-corrected chi connectivity index (χ1v) is 8.48. The maximum absolute atomic E-state index is 12.4. The van der Waals surface area contributed by atoms with Crippen LogP contribution in [0.1, 0.15) is 23.5 Å². The molecule has 3 rings (SSSR count). The Balaban J connectivity index is 1.80. The van der Waals surface area contributed by atoms with Crippen LogP contribution in [0.4, 0.5) is 0 Å². The molecule has 5 nitrogen and oxygen atoms in total. The summed E-state index contributed by atoms with van der Waals surface area (Å²) in [5, 5.41) is 9.33. The van der Waals surface area contributed by atoms with Gasteiger partial charge < -0.3 is 15.6 Å². The number of carbonyl (C=O) groups is 2. The highest BCUT2D eigenvalue weighted by Crippen LogP contribution is 2.44. The van der Waals surface area contributed by atoms with Crippen LogP contribution in [0.2, 0.25) is 0 Å². The average molecular weight is 351 g/mol. The van der Waals surface area contributed by atoms with Crippen molar-refractivity contribution in [2.24, 2.45) is 11.7 Å². The first-order valence-electron chi connectivity index (χ1n) is 8.48. The van der Waals surface area contributed by atoms with E-state index in [2.05, 4.69) is 6.58 Å². The second-order valence-corrected chi connectivity index (χ2v) is 6.36. The summed E-state index contributed by atoms with van der Waals surface area (Å²) in [5.74, 6) is -3.61. The Kier molecular flexibility index (Phi) is 5.19. The average Bonchev–Trinajstić information content (AvgIpc) is 2.94. The van der Waals surface area contributed by atoms with E-state index in [9.17, 15) is 14.7 Å². The van der Waals surface area contributed by atoms with E-state index >= 15 is 0 Å². The van der Waals surface area contributed by atoms with Crippen LogP contribution in [-0.2, 0) is 14.3 Å². The number of fused-ring (bicyclic) bond motifs is 3. The molecule has 0 saturated heterocycles. The van der Waals surface area contributed by atoms with Crippen LogP contribution >= 0.6 is 0 Å². The lowest BCUT2D eigenvalue weighted by molar-refractivity contribution is -0.159. The number of nitrogens with two attached hydrogens (primary N) is 1. The minimum absolute atomic E-state index is 0.0808. The maximum atomic E-state index is 12.4. The quantitative estimate of drug-likeness (QED) is 0.455. The van der Waals surface area contributed by atoms with Gasteiger partial charge in [0.2, 0.25) is 0 Å². The molecule has 1 aliphatic rings. The Labute approximate surface area is 152 Å². The molecule has 0 unspecified atom stereocenters. The zero-order valence-corrected chi connectivity index (χ0v) is 14.3. The molecular weight excluding hydrogens is 330 g/mol. The molecule has 3 N–H and O–H groups in total. The monoisotopic (exact) mass is 351 g/mol. The molecule has 2 atom stereocenters. The fourth-order valence-corrected chi connectivity index (χ4v) is 3.48. The topological polar surface area (TPSA) is 89.6 Å². The fourth-order valence-electron chi connectivity index (χ4n) is 3.48. The number of carboxylic acid groups (broad SMARTS) is 1. The number of rotatable bonds is 7. The SMILES string of the molecule is C=CC[C@H](N)[C@@H](C(=O)O)C(=O)OCC1c2ccccc2-c2ccccc21. The molecule has 0 saturated carbocycles. The van der Waals surface area contributed by atoms with E-state index in [1.54, 1.807) is 0 Å². The normalized spacial score (nSPS) is 14.8. The lowest BCUT2D eigenvalue weighted by atomic mass is 9.96. The van der Waals surface area contributed by atoms with Gasteiger partial charge in [0.15, 0.2) is 5.92 Å². The van der Waals surface area contributed by atoms with Gasteiger partial charge in [-0.25, -0.2) is 0 Å². The van der Waals surface area contributed by atoms with Crippen LogP contribution < -0.4 is 5.73 Å². The molecule has 134 valence electrons. The second kappa shape index (κ2) is 7.54. The molecule has 0 bridgehead atoms. The summed E-state index contributed by atoms with van der Waals surface area (Å²) in [7, 11) is 0. The lowest BCUT2D eigenvalue weighted by Crippen LogP contribution is -2.41. The van der Waals surface area contributed by atoms with Crippen molar-refractivity contribution in [1.29, 1.82) is 0 Å². The molecule has 0 aromatic heterocycles. The van der Waals surface area contributed by atoms with Crippen molar-refractivity contribution >= 4 is 11.9 Å². The van der Waals surface area contributed by atoms with Gasteiger partial charge >= 0.3 is 11.9 Å². The van der Waals surface area contributed by atoms with E-state index in [-0.39, 0.29) is 18.9 Å². The highest BCUT2D eigenvalue weighted by Gasteiger charge is 2.35. The number of ether oxygens (including phenoxy) is 1. The summed E-state index contributed by atoms with van der Waals surface area (Å²) >= 11 is 0. The van der Waals surface area contributed by atoms with Gasteiger partial charge in [0.25, 0.3) is 0 Å². The van der Waals surface area contributed by atoms with Crippen molar-refractivity contribution in [3.8, 4) is 11.1 Å². The molecule has 0 radical (unpaired) electrons. The number of hydrogen-bond donors (Lipinski definition) is 2. The third-order valence-corrected chi connectivity index (χ3v) is 4.74. The second-order valence-electron chi connectivity index (χ2n) is 6.36. The number of esters is 1. The number of hydrogen-bond acceptors (Lipinski definition) is 4. The Hall–Kier alpha value is -2.92. The van der Waals surface area contributed by atoms with Gasteiger partial charge in [-0.1, -0.05) is 54.6 Å². The Morgan fingerprint density at radius 2 is 1.65 bits per heavy atom. The molecule has 0 amide bonds. The summed E-state index contributed by atoms with van der Waals surface area (Å²) in [6.07, 6.45) is 1.72. The Morgan fingerprint density at radius 1 is 1.12 bits per heavy atom. The minimum Gasteiger partial charge on any atom is -0.481 e. The number of carboxylic acids is 1. The molecule has 0 spiro atoms. The van der Waals surface area contributed by atoms with Crippen LogP contribution in [0.15, 0.2) is 61.2 Å². The van der Waals surface area contributed by atoms with E-state index in [1.807, 2.05) is 48.5 Å². The highest BCUT2D eigenvalue weighted by molar-refractivity contribution is 5.95. The van der Waals surface area contributed by atoms with Crippen molar-refractivity contribution in [3.05, 3.63) is 72.3 Å². The van der Waals surface area contributed by atoms with Crippen LogP contribution in [0.5, 0.6) is 0 Å². The highest BCUT2D eigenvalue weighted by atomic mass is 16.5. The predicted octanol–water partition coefficient (Wildman–Crippen LogP) is 2.95. The van der Waals surface area contributed by atoms with Gasteiger partial charge in [-0.15, -0.1) is 6.58 Å². The molecule has 26 heavy (non-hydrogen) atoms. The first-order chi connectivity index (χ1) is 12.5. The minimum atomic E-state index is -1.40. The molecule has 1 aliphatic carbocycles. The van der Waals surface area contributed by atoms with Crippen molar-refractivity contribution in [3.63, 3.8) is 0 Å². The van der Waals surface area contributed by atoms with E-state index in [0.29, 0.717) is 0 Å². The van der Waals surface area contributed by atoms with Gasteiger partial charge in [-0.05, 0) is 28.7 Å². The van der Waals surface area contributed by atoms with Gasteiger partial charge in [0.05, 0.1) is 0 Å². The summed E-state index contributed by atoms with van der Waals surface area (Å²) < 4.78 is 5.40. The van der Waals surface area contributed by atoms with Crippen molar-refractivity contribution in [1.82, 2.24) is 0 Å². The van der Waals surface area contributed by atoms with E-state index in [4.69, 9.17) is 10.5 Å². The summed E-state index contributed by atoms with van der Waals surface area (Å²) in [4.78, 5) is 23.8. The first kappa shape index (κ1) is 17.9. The number of aliphatic carboxylic acids is 1. The molecular formula is C21H21NO4. The number of benzene rings is 2. The van der Waals surface area contributed by atoms with Crippen molar-refractivity contribution < 1.29 is 19.4 Å². The summed E-state index contributed by atoms with van der Waals surface area (Å²) in [6, 6.07) is 15.1. The molecule has 0 fully saturated rings. The standard InChI is InChI=1S/C21H21NO4/c1-2-7-18(22)19(20(23)24)21(25)26-12-17-15-10-5-3-8-13(15)14-9-4-6-11-16(14)17/h2-6,8-11,17-19H,1,7,12,22H2,(H,23,24)/t18-,19-/m0/s1. The molecule has 0 aliphatic heterocycles. The zero-order valence-electron chi connectivity index (χ0n) is 14.3. The Morgan fingerprint density at radius 3 is 2.15 bits per heavy atom.